The molecule has 0 aliphatic heterocycles. The van der Waals surface area contributed by atoms with Crippen molar-refractivity contribution in [1.29, 1.82) is 5.26 Å². The van der Waals surface area contributed by atoms with Gasteiger partial charge in [-0.05, 0) is 55.9 Å². The molecule has 0 fully saturated rings. The third kappa shape index (κ3) is 3.52. The Morgan fingerprint density at radius 2 is 1.81 bits per heavy atom. The standard InChI is InChI=1S/C22H20F2N2O/c23-16-11-17(24)13-18(12-16)27-9-3-8-26-21-5-2-1-4-19(21)20-10-15(14-25)6-7-22(20)26/h6-7,10-13H,1-5,8-9H2. The van der Waals surface area contributed by atoms with Gasteiger partial charge in [0.1, 0.15) is 17.4 Å². The summed E-state index contributed by atoms with van der Waals surface area (Å²) >= 11 is 0. The molecule has 5 heteroatoms. The highest BCUT2D eigenvalue weighted by Gasteiger charge is 2.20. The van der Waals surface area contributed by atoms with Crippen molar-refractivity contribution >= 4 is 10.9 Å². The normalized spacial score (nSPS) is 13.4. The predicted octanol–water partition coefficient (Wildman–Crippen LogP) is 5.14. The van der Waals surface area contributed by atoms with Crippen LogP contribution in [0.3, 0.4) is 0 Å². The number of ether oxygens (including phenoxy) is 1. The number of nitrogens with zero attached hydrogens (tertiary/aromatic N) is 2. The van der Waals surface area contributed by atoms with Gasteiger partial charge in [-0.15, -0.1) is 0 Å². The molecule has 0 saturated heterocycles. The molecule has 0 amide bonds. The van der Waals surface area contributed by atoms with Crippen molar-refractivity contribution < 1.29 is 13.5 Å². The molecule has 0 N–H and O–H groups in total. The van der Waals surface area contributed by atoms with Crippen LogP contribution < -0.4 is 4.74 Å². The van der Waals surface area contributed by atoms with E-state index in [-0.39, 0.29) is 5.75 Å². The van der Waals surface area contributed by atoms with Crippen LogP contribution in [0, 0.1) is 23.0 Å². The van der Waals surface area contributed by atoms with Gasteiger partial charge in [-0.1, -0.05) is 0 Å². The fourth-order valence-electron chi connectivity index (χ4n) is 3.99. The van der Waals surface area contributed by atoms with Crippen LogP contribution in [-0.2, 0) is 19.4 Å². The van der Waals surface area contributed by atoms with Gasteiger partial charge in [-0.2, -0.15) is 5.26 Å². The summed E-state index contributed by atoms with van der Waals surface area (Å²) in [5.41, 5.74) is 4.55. The molecule has 0 atom stereocenters. The molecule has 1 aliphatic carbocycles. The monoisotopic (exact) mass is 366 g/mol. The number of halogens is 2. The van der Waals surface area contributed by atoms with Crippen LogP contribution in [0.25, 0.3) is 10.9 Å². The summed E-state index contributed by atoms with van der Waals surface area (Å²) in [6.45, 7) is 1.16. The maximum atomic E-state index is 13.2. The summed E-state index contributed by atoms with van der Waals surface area (Å²) in [6, 6.07) is 11.3. The van der Waals surface area contributed by atoms with Gasteiger partial charge in [0, 0.05) is 41.3 Å². The van der Waals surface area contributed by atoms with Crippen molar-refractivity contribution in [2.24, 2.45) is 0 Å². The first-order valence-electron chi connectivity index (χ1n) is 9.29. The third-order valence-electron chi connectivity index (χ3n) is 5.14. The van der Waals surface area contributed by atoms with Crippen molar-refractivity contribution in [1.82, 2.24) is 4.57 Å². The van der Waals surface area contributed by atoms with Gasteiger partial charge in [0.15, 0.2) is 0 Å². The second kappa shape index (κ2) is 7.40. The zero-order valence-corrected chi connectivity index (χ0v) is 15.0. The Labute approximate surface area is 156 Å². The average molecular weight is 366 g/mol. The molecule has 0 unspecified atom stereocenters. The molecule has 0 spiro atoms. The fourth-order valence-corrected chi connectivity index (χ4v) is 3.99. The van der Waals surface area contributed by atoms with E-state index < -0.39 is 11.6 Å². The molecule has 138 valence electrons. The number of nitriles is 1. The van der Waals surface area contributed by atoms with Gasteiger partial charge >= 0.3 is 0 Å². The molecule has 3 aromatic rings. The van der Waals surface area contributed by atoms with Gasteiger partial charge < -0.3 is 9.30 Å². The number of fused-ring (bicyclic) bond motifs is 3. The van der Waals surface area contributed by atoms with Crippen molar-refractivity contribution in [3.05, 3.63) is 64.9 Å². The number of benzene rings is 2. The Morgan fingerprint density at radius 1 is 1.04 bits per heavy atom. The molecule has 1 aliphatic rings. The summed E-state index contributed by atoms with van der Waals surface area (Å²) in [5, 5.41) is 10.4. The van der Waals surface area contributed by atoms with Crippen molar-refractivity contribution in [3.63, 3.8) is 0 Å². The van der Waals surface area contributed by atoms with Crippen LogP contribution in [0.5, 0.6) is 5.75 Å². The van der Waals surface area contributed by atoms with E-state index in [0.717, 1.165) is 37.4 Å². The molecule has 4 rings (SSSR count). The molecule has 0 radical (unpaired) electrons. The molecule has 1 aromatic heterocycles. The predicted molar refractivity (Wildman–Crippen MR) is 99.8 cm³/mol. The number of aromatic nitrogens is 1. The van der Waals surface area contributed by atoms with E-state index in [1.54, 1.807) is 0 Å². The van der Waals surface area contributed by atoms with E-state index >= 15 is 0 Å². The summed E-state index contributed by atoms with van der Waals surface area (Å²) in [4.78, 5) is 0. The number of aryl methyl sites for hydroxylation is 2. The van der Waals surface area contributed by atoms with Crippen molar-refractivity contribution in [2.75, 3.05) is 6.61 Å². The molecule has 0 saturated carbocycles. The molecule has 2 aromatic carbocycles. The van der Waals surface area contributed by atoms with Gasteiger partial charge in [0.25, 0.3) is 0 Å². The lowest BCUT2D eigenvalue weighted by atomic mass is 9.95. The van der Waals surface area contributed by atoms with Crippen LogP contribution in [0.2, 0.25) is 0 Å². The lowest BCUT2D eigenvalue weighted by Gasteiger charge is -2.16. The van der Waals surface area contributed by atoms with Gasteiger partial charge in [0.05, 0.1) is 18.2 Å². The van der Waals surface area contributed by atoms with E-state index in [2.05, 4.69) is 10.6 Å². The van der Waals surface area contributed by atoms with Crippen LogP contribution >= 0.6 is 0 Å². The van der Waals surface area contributed by atoms with E-state index in [1.807, 2.05) is 18.2 Å². The van der Waals surface area contributed by atoms with Gasteiger partial charge in [-0.3, -0.25) is 0 Å². The second-order valence-electron chi connectivity index (χ2n) is 6.93. The summed E-state index contributed by atoms with van der Waals surface area (Å²) < 4.78 is 34.3. The Balaban J connectivity index is 1.52. The fraction of sp³-hybridized carbons (Fsp3) is 0.318. The second-order valence-corrected chi connectivity index (χ2v) is 6.93. The number of hydrogen-bond donors (Lipinski definition) is 0. The molecular formula is C22H20F2N2O. The molecule has 0 bridgehead atoms. The van der Waals surface area contributed by atoms with Crippen LogP contribution in [-0.4, -0.2) is 11.2 Å². The quantitative estimate of drug-likeness (QED) is 0.587. The molecule has 1 heterocycles. The van der Waals surface area contributed by atoms with E-state index in [4.69, 9.17) is 4.74 Å². The van der Waals surface area contributed by atoms with Crippen molar-refractivity contribution in [3.8, 4) is 11.8 Å². The minimum Gasteiger partial charge on any atom is -0.493 e. The smallest absolute Gasteiger partial charge is 0.129 e. The first-order valence-corrected chi connectivity index (χ1v) is 9.29. The first kappa shape index (κ1) is 17.5. The van der Waals surface area contributed by atoms with Crippen LogP contribution in [0.1, 0.15) is 36.1 Å². The SMILES string of the molecule is N#Cc1ccc2c(c1)c1c(n2CCCOc2cc(F)cc(F)c2)CCCC1. The molecular weight excluding hydrogens is 346 g/mol. The average Bonchev–Trinajstić information content (AvgIpc) is 2.98. The van der Waals surface area contributed by atoms with Crippen molar-refractivity contribution in [2.45, 2.75) is 38.6 Å². The van der Waals surface area contributed by atoms with Gasteiger partial charge in [-0.25, -0.2) is 8.78 Å². The lowest BCUT2D eigenvalue weighted by Crippen LogP contribution is -2.10. The third-order valence-corrected chi connectivity index (χ3v) is 5.14. The number of hydrogen-bond acceptors (Lipinski definition) is 2. The molecule has 3 nitrogen and oxygen atoms in total. The largest absolute Gasteiger partial charge is 0.493 e. The van der Waals surface area contributed by atoms with Gasteiger partial charge in [0.2, 0.25) is 0 Å². The number of rotatable bonds is 5. The zero-order valence-electron chi connectivity index (χ0n) is 15.0. The van der Waals surface area contributed by atoms with E-state index in [0.29, 0.717) is 12.2 Å². The Morgan fingerprint density at radius 3 is 2.59 bits per heavy atom. The highest BCUT2D eigenvalue weighted by molar-refractivity contribution is 5.87. The Hall–Kier alpha value is -2.87. The topological polar surface area (TPSA) is 38.0 Å². The van der Waals surface area contributed by atoms with Crippen LogP contribution in [0.15, 0.2) is 36.4 Å². The maximum absolute atomic E-state index is 13.2. The zero-order chi connectivity index (χ0) is 18.8. The van der Waals surface area contributed by atoms with Crippen LogP contribution in [0.4, 0.5) is 8.78 Å². The highest BCUT2D eigenvalue weighted by atomic mass is 19.1. The summed E-state index contributed by atoms with van der Waals surface area (Å²) in [5.74, 6) is -1.06. The summed E-state index contributed by atoms with van der Waals surface area (Å²) in [7, 11) is 0. The van der Waals surface area contributed by atoms with E-state index in [1.165, 1.54) is 41.6 Å². The first-order chi connectivity index (χ1) is 13.2. The minimum absolute atomic E-state index is 0.213. The molecule has 27 heavy (non-hydrogen) atoms. The van der Waals surface area contributed by atoms with E-state index in [9.17, 15) is 14.0 Å². The highest BCUT2D eigenvalue weighted by Crippen LogP contribution is 2.33. The summed E-state index contributed by atoms with van der Waals surface area (Å²) in [6.07, 6.45) is 5.17. The lowest BCUT2D eigenvalue weighted by molar-refractivity contribution is 0.298. The maximum Gasteiger partial charge on any atom is 0.129 e. The Kier molecular flexibility index (Phi) is 4.81. The minimum atomic E-state index is -0.635. The Bertz CT molecular complexity index is 1010.